The molecule has 0 aliphatic heterocycles. The van der Waals surface area contributed by atoms with Gasteiger partial charge in [0.1, 0.15) is 5.82 Å². The average molecular weight is 287 g/mol. The molecule has 2 rings (SSSR count). The molecule has 0 aliphatic carbocycles. The zero-order valence-corrected chi connectivity index (χ0v) is 11.5. The first-order valence-corrected chi connectivity index (χ1v) is 7.34. The average Bonchev–Trinajstić information content (AvgIpc) is 2.88. The van der Waals surface area contributed by atoms with E-state index in [-0.39, 0.29) is 15.9 Å². The number of nitrogens with two attached hydrogens (primary N) is 1. The van der Waals surface area contributed by atoms with Crippen LogP contribution in [0.3, 0.4) is 0 Å². The number of nitrogen functional groups attached to an aromatic ring is 1. The minimum absolute atomic E-state index is 0.173. The smallest absolute Gasteiger partial charge is 0.254 e. The molecule has 2 aromatic rings. The lowest BCUT2D eigenvalue weighted by atomic mass is 10.6. The van der Waals surface area contributed by atoms with Gasteiger partial charge in [-0.05, 0) is 6.92 Å². The fraction of sp³-hybridized carbons (Fsp3) is 0.333. The number of aromatic amines is 1. The molecule has 9 heteroatoms. The van der Waals surface area contributed by atoms with Crippen LogP contribution < -0.4 is 5.73 Å². The second kappa shape index (κ2) is 4.67. The van der Waals surface area contributed by atoms with E-state index in [2.05, 4.69) is 15.0 Å². The molecule has 18 heavy (non-hydrogen) atoms. The molecular formula is C9H13N5O2S2. The van der Waals surface area contributed by atoms with Crippen LogP contribution in [0.4, 0.5) is 5.13 Å². The third-order valence-corrected chi connectivity index (χ3v) is 5.72. The van der Waals surface area contributed by atoms with Crippen LogP contribution in [0.5, 0.6) is 0 Å². The minimum atomic E-state index is -3.58. The fourth-order valence-corrected chi connectivity index (χ4v) is 4.08. The molecule has 0 unspecified atom stereocenters. The van der Waals surface area contributed by atoms with Crippen molar-refractivity contribution in [1.82, 2.24) is 19.3 Å². The highest BCUT2D eigenvalue weighted by Crippen LogP contribution is 2.27. The number of thiazole rings is 1. The molecule has 2 heterocycles. The van der Waals surface area contributed by atoms with Crippen molar-refractivity contribution in [2.45, 2.75) is 17.7 Å². The van der Waals surface area contributed by atoms with Crippen LogP contribution in [0.15, 0.2) is 16.6 Å². The summed E-state index contributed by atoms with van der Waals surface area (Å²) in [7, 11) is -2.08. The summed E-state index contributed by atoms with van der Waals surface area (Å²) in [4.78, 5) is 10.8. The van der Waals surface area contributed by atoms with E-state index in [1.54, 1.807) is 19.3 Å². The summed E-state index contributed by atoms with van der Waals surface area (Å²) < 4.78 is 26.0. The highest BCUT2D eigenvalue weighted by molar-refractivity contribution is 7.91. The highest BCUT2D eigenvalue weighted by atomic mass is 32.2. The number of sulfonamides is 1. The Hall–Kier alpha value is -1.45. The van der Waals surface area contributed by atoms with Gasteiger partial charge in [-0.2, -0.15) is 4.31 Å². The molecule has 3 N–H and O–H groups in total. The lowest BCUT2D eigenvalue weighted by molar-refractivity contribution is 0.459. The Morgan fingerprint density at radius 3 is 2.78 bits per heavy atom. The summed E-state index contributed by atoms with van der Waals surface area (Å²) in [6, 6.07) is 0. The van der Waals surface area contributed by atoms with Gasteiger partial charge in [-0.1, -0.05) is 11.3 Å². The van der Waals surface area contributed by atoms with E-state index in [0.29, 0.717) is 11.5 Å². The third-order valence-electron chi connectivity index (χ3n) is 2.34. The first-order chi connectivity index (χ1) is 8.41. The zero-order valence-electron chi connectivity index (χ0n) is 9.91. The molecule has 7 nitrogen and oxygen atoms in total. The maximum absolute atomic E-state index is 12.3. The minimum Gasteiger partial charge on any atom is -0.375 e. The quantitative estimate of drug-likeness (QED) is 0.855. The number of nitrogens with zero attached hydrogens (tertiary/aromatic N) is 3. The van der Waals surface area contributed by atoms with Crippen molar-refractivity contribution in [1.29, 1.82) is 0 Å². The van der Waals surface area contributed by atoms with E-state index in [9.17, 15) is 8.42 Å². The van der Waals surface area contributed by atoms with Crippen molar-refractivity contribution in [3.63, 3.8) is 0 Å². The summed E-state index contributed by atoms with van der Waals surface area (Å²) >= 11 is 0.969. The number of hydrogen-bond donors (Lipinski definition) is 2. The van der Waals surface area contributed by atoms with E-state index >= 15 is 0 Å². The number of rotatable bonds is 4. The summed E-state index contributed by atoms with van der Waals surface area (Å²) in [6.07, 6.45) is 3.22. The lowest BCUT2D eigenvalue weighted by Crippen LogP contribution is -2.26. The van der Waals surface area contributed by atoms with Gasteiger partial charge >= 0.3 is 0 Å². The molecule has 0 radical (unpaired) electrons. The van der Waals surface area contributed by atoms with Gasteiger partial charge in [0.15, 0.2) is 9.34 Å². The Balaban J connectivity index is 2.28. The number of H-pyrrole nitrogens is 1. The zero-order chi connectivity index (χ0) is 13.3. The molecule has 0 saturated carbocycles. The van der Waals surface area contributed by atoms with Crippen molar-refractivity contribution in [3.8, 4) is 0 Å². The number of aromatic nitrogens is 3. The largest absolute Gasteiger partial charge is 0.375 e. The Bertz CT molecular complexity index is 632. The number of nitrogens with one attached hydrogen (secondary N) is 1. The van der Waals surface area contributed by atoms with E-state index in [1.807, 2.05) is 0 Å². The SMILES string of the molecule is Cc1nc(N)sc1S(=O)(=O)N(C)Cc1ncc[nH]1. The Kier molecular flexibility index (Phi) is 3.37. The molecule has 0 amide bonds. The molecule has 98 valence electrons. The highest BCUT2D eigenvalue weighted by Gasteiger charge is 2.26. The second-order valence-electron chi connectivity index (χ2n) is 3.72. The van der Waals surface area contributed by atoms with Crippen LogP contribution in [0.25, 0.3) is 0 Å². The number of anilines is 1. The lowest BCUT2D eigenvalue weighted by Gasteiger charge is -2.14. The maximum Gasteiger partial charge on any atom is 0.254 e. The van der Waals surface area contributed by atoms with Gasteiger partial charge in [0.2, 0.25) is 0 Å². The summed E-state index contributed by atoms with van der Waals surface area (Å²) in [5.74, 6) is 0.580. The Labute approximate surface area is 109 Å². The predicted molar refractivity (Wildman–Crippen MR) is 68.5 cm³/mol. The van der Waals surface area contributed by atoms with E-state index in [1.165, 1.54) is 11.4 Å². The van der Waals surface area contributed by atoms with Crippen LogP contribution in [-0.2, 0) is 16.6 Å². The number of aryl methyl sites for hydroxylation is 1. The van der Waals surface area contributed by atoms with Gasteiger partial charge in [-0.25, -0.2) is 18.4 Å². The van der Waals surface area contributed by atoms with Crippen LogP contribution >= 0.6 is 11.3 Å². The number of hydrogen-bond acceptors (Lipinski definition) is 6. The van der Waals surface area contributed by atoms with Gasteiger partial charge in [0, 0.05) is 19.4 Å². The van der Waals surface area contributed by atoms with Crippen LogP contribution in [0.1, 0.15) is 11.5 Å². The van der Waals surface area contributed by atoms with Crippen molar-refractivity contribution in [2.75, 3.05) is 12.8 Å². The molecule has 0 aliphatic rings. The second-order valence-corrected chi connectivity index (χ2v) is 6.99. The predicted octanol–water partition coefficient (Wildman–Crippen LogP) is 0.578. The van der Waals surface area contributed by atoms with Gasteiger partial charge in [0.05, 0.1) is 12.2 Å². The summed E-state index contributed by atoms with van der Waals surface area (Å²) in [6.45, 7) is 1.80. The molecule has 0 aromatic carbocycles. The fourth-order valence-electron chi connectivity index (χ4n) is 1.46. The molecule has 2 aromatic heterocycles. The van der Waals surface area contributed by atoms with Crippen LogP contribution in [0, 0.1) is 6.92 Å². The molecule has 0 fully saturated rings. The van der Waals surface area contributed by atoms with E-state index < -0.39 is 10.0 Å². The van der Waals surface area contributed by atoms with Crippen molar-refractivity contribution in [2.24, 2.45) is 0 Å². The number of imidazole rings is 1. The summed E-state index contributed by atoms with van der Waals surface area (Å²) in [5.41, 5.74) is 5.94. The van der Waals surface area contributed by atoms with Gasteiger partial charge in [0.25, 0.3) is 10.0 Å². The van der Waals surface area contributed by atoms with Gasteiger partial charge in [-0.15, -0.1) is 0 Å². The van der Waals surface area contributed by atoms with E-state index in [4.69, 9.17) is 5.73 Å². The Morgan fingerprint density at radius 1 is 1.56 bits per heavy atom. The van der Waals surface area contributed by atoms with Crippen molar-refractivity contribution >= 4 is 26.5 Å². The van der Waals surface area contributed by atoms with Crippen molar-refractivity contribution < 1.29 is 8.42 Å². The van der Waals surface area contributed by atoms with Crippen molar-refractivity contribution in [3.05, 3.63) is 23.9 Å². The molecule has 0 bridgehead atoms. The maximum atomic E-state index is 12.3. The standard InChI is InChI=1S/C9H13N5O2S2/c1-6-8(17-9(10)13-6)18(15,16)14(2)5-7-11-3-4-12-7/h3-4H,5H2,1-2H3,(H2,10,13)(H,11,12). The van der Waals surface area contributed by atoms with Gasteiger partial charge < -0.3 is 10.7 Å². The molecule has 0 atom stereocenters. The first kappa shape index (κ1) is 13.0. The Morgan fingerprint density at radius 2 is 2.28 bits per heavy atom. The first-order valence-electron chi connectivity index (χ1n) is 5.08. The normalized spacial score (nSPS) is 12.2. The monoisotopic (exact) mass is 287 g/mol. The van der Waals surface area contributed by atoms with Crippen LogP contribution in [-0.4, -0.2) is 34.7 Å². The van der Waals surface area contributed by atoms with Gasteiger partial charge in [-0.3, -0.25) is 0 Å². The molecule has 0 saturated heterocycles. The topological polar surface area (TPSA) is 105 Å². The van der Waals surface area contributed by atoms with Crippen LogP contribution in [0.2, 0.25) is 0 Å². The molecular weight excluding hydrogens is 274 g/mol. The van der Waals surface area contributed by atoms with E-state index in [0.717, 1.165) is 11.3 Å². The third kappa shape index (κ3) is 2.37. The summed E-state index contributed by atoms with van der Waals surface area (Å²) in [5, 5.41) is 0.248. The molecule has 0 spiro atoms.